The lowest BCUT2D eigenvalue weighted by Crippen LogP contribution is -2.39. The Labute approximate surface area is 106 Å². The Morgan fingerprint density at radius 1 is 1.42 bits per heavy atom. The number of H-pyrrole nitrogens is 1. The summed E-state index contributed by atoms with van der Waals surface area (Å²) in [6.45, 7) is 1.81. The first-order valence-corrected chi connectivity index (χ1v) is 5.63. The minimum atomic E-state index is -0.440. The molecule has 0 aromatic carbocycles. The van der Waals surface area contributed by atoms with Crippen LogP contribution in [0.3, 0.4) is 0 Å². The molecule has 8 heteroatoms. The van der Waals surface area contributed by atoms with Crippen LogP contribution in [-0.4, -0.2) is 24.3 Å². The minimum absolute atomic E-state index is 0.0673. The predicted octanol–water partition coefficient (Wildman–Crippen LogP) is -0.232. The van der Waals surface area contributed by atoms with E-state index < -0.39 is 11.2 Å². The van der Waals surface area contributed by atoms with Crippen LogP contribution in [0.25, 0.3) is 11.2 Å². The average Bonchev–Trinajstić information content (AvgIpc) is 3.01. The first kappa shape index (κ1) is 11.5. The van der Waals surface area contributed by atoms with E-state index in [1.165, 1.54) is 10.9 Å². The maximum absolute atomic E-state index is 12.2. The number of nitrogens with one attached hydrogen (secondary N) is 1. The molecule has 0 amide bonds. The third-order valence-electron chi connectivity index (χ3n) is 2.91. The minimum Gasteiger partial charge on any atom is -0.361 e. The molecule has 0 aliphatic rings. The van der Waals surface area contributed by atoms with E-state index in [2.05, 4.69) is 15.1 Å². The van der Waals surface area contributed by atoms with Crippen molar-refractivity contribution in [3.63, 3.8) is 0 Å². The third-order valence-corrected chi connectivity index (χ3v) is 2.91. The Balaban J connectivity index is 2.23. The number of aryl methyl sites for hydroxylation is 2. The third kappa shape index (κ3) is 1.68. The van der Waals surface area contributed by atoms with Crippen molar-refractivity contribution < 1.29 is 4.52 Å². The lowest BCUT2D eigenvalue weighted by molar-refractivity contribution is 0.388. The van der Waals surface area contributed by atoms with Crippen molar-refractivity contribution in [2.45, 2.75) is 13.5 Å². The van der Waals surface area contributed by atoms with Gasteiger partial charge in [0.15, 0.2) is 5.65 Å². The highest BCUT2D eigenvalue weighted by atomic mass is 16.5. The molecule has 0 atom stereocenters. The highest BCUT2D eigenvalue weighted by Crippen LogP contribution is 2.03. The monoisotopic (exact) mass is 261 g/mol. The van der Waals surface area contributed by atoms with E-state index in [1.807, 2.05) is 0 Å². The standard InChI is InChI=1S/C11H11N5O3/c1-6-3-7(14-19-6)4-16-10(17)8-9(13-5-12-8)15(2)11(16)18/h3,5H,4H2,1-2H3,(H,12,13). The molecule has 0 unspecified atom stereocenters. The van der Waals surface area contributed by atoms with Gasteiger partial charge in [0.05, 0.1) is 12.9 Å². The second-order valence-corrected chi connectivity index (χ2v) is 4.26. The van der Waals surface area contributed by atoms with E-state index in [9.17, 15) is 9.59 Å². The number of aromatic nitrogens is 5. The van der Waals surface area contributed by atoms with Crippen LogP contribution in [0.1, 0.15) is 11.5 Å². The maximum Gasteiger partial charge on any atom is 0.332 e. The number of imidazole rings is 1. The Morgan fingerprint density at radius 3 is 2.89 bits per heavy atom. The molecule has 0 aliphatic carbocycles. The Hall–Kier alpha value is -2.64. The van der Waals surface area contributed by atoms with Crippen LogP contribution >= 0.6 is 0 Å². The fourth-order valence-electron chi connectivity index (χ4n) is 1.99. The smallest absolute Gasteiger partial charge is 0.332 e. The average molecular weight is 261 g/mol. The molecule has 3 aromatic heterocycles. The van der Waals surface area contributed by atoms with Crippen LogP contribution in [0.15, 0.2) is 26.5 Å². The fourth-order valence-corrected chi connectivity index (χ4v) is 1.99. The Kier molecular flexibility index (Phi) is 2.37. The summed E-state index contributed by atoms with van der Waals surface area (Å²) < 4.78 is 7.34. The van der Waals surface area contributed by atoms with Gasteiger partial charge in [-0.3, -0.25) is 13.9 Å². The summed E-state index contributed by atoms with van der Waals surface area (Å²) in [4.78, 5) is 31.0. The highest BCUT2D eigenvalue weighted by molar-refractivity contribution is 5.68. The molecule has 0 fully saturated rings. The van der Waals surface area contributed by atoms with Crippen molar-refractivity contribution in [3.8, 4) is 0 Å². The molecule has 0 bridgehead atoms. The van der Waals surface area contributed by atoms with E-state index in [4.69, 9.17) is 4.52 Å². The topological polar surface area (TPSA) is 98.7 Å². The van der Waals surface area contributed by atoms with E-state index in [0.717, 1.165) is 4.57 Å². The summed E-state index contributed by atoms with van der Waals surface area (Å²) in [7, 11) is 1.56. The van der Waals surface area contributed by atoms with Crippen LogP contribution in [0.4, 0.5) is 0 Å². The number of hydrogen-bond donors (Lipinski definition) is 1. The molecule has 19 heavy (non-hydrogen) atoms. The first-order valence-electron chi connectivity index (χ1n) is 5.63. The van der Waals surface area contributed by atoms with Gasteiger partial charge in [-0.15, -0.1) is 0 Å². The van der Waals surface area contributed by atoms with Crippen molar-refractivity contribution in [1.82, 2.24) is 24.3 Å². The molecule has 0 spiro atoms. The van der Waals surface area contributed by atoms with Gasteiger partial charge in [0, 0.05) is 13.1 Å². The van der Waals surface area contributed by atoms with Crippen molar-refractivity contribution in [3.05, 3.63) is 44.7 Å². The zero-order valence-electron chi connectivity index (χ0n) is 10.4. The first-order chi connectivity index (χ1) is 9.08. The van der Waals surface area contributed by atoms with Gasteiger partial charge in [0.1, 0.15) is 17.0 Å². The molecule has 0 aliphatic heterocycles. The largest absolute Gasteiger partial charge is 0.361 e. The molecule has 98 valence electrons. The van der Waals surface area contributed by atoms with Crippen molar-refractivity contribution in [2.24, 2.45) is 7.05 Å². The molecule has 0 saturated carbocycles. The molecule has 3 aromatic rings. The zero-order chi connectivity index (χ0) is 13.6. The predicted molar refractivity (Wildman–Crippen MR) is 65.9 cm³/mol. The van der Waals surface area contributed by atoms with Gasteiger partial charge in [0.2, 0.25) is 0 Å². The number of fused-ring (bicyclic) bond motifs is 1. The number of aromatic amines is 1. The fraction of sp³-hybridized carbons (Fsp3) is 0.273. The second kappa shape index (κ2) is 3.94. The van der Waals surface area contributed by atoms with Crippen LogP contribution < -0.4 is 11.2 Å². The van der Waals surface area contributed by atoms with Crippen molar-refractivity contribution >= 4 is 11.2 Å². The maximum atomic E-state index is 12.2. The molecule has 0 radical (unpaired) electrons. The lowest BCUT2D eigenvalue weighted by Gasteiger charge is -2.05. The van der Waals surface area contributed by atoms with Gasteiger partial charge in [0.25, 0.3) is 5.56 Å². The molecule has 0 saturated heterocycles. The van der Waals surface area contributed by atoms with Gasteiger partial charge in [-0.1, -0.05) is 5.16 Å². The number of hydrogen-bond acceptors (Lipinski definition) is 5. The van der Waals surface area contributed by atoms with Crippen LogP contribution in [0, 0.1) is 6.92 Å². The number of nitrogens with zero attached hydrogens (tertiary/aromatic N) is 4. The SMILES string of the molecule is Cc1cc(Cn2c(=O)c3[nH]cnc3n(C)c2=O)no1. The summed E-state index contributed by atoms with van der Waals surface area (Å²) in [6.07, 6.45) is 1.39. The van der Waals surface area contributed by atoms with E-state index in [-0.39, 0.29) is 6.54 Å². The van der Waals surface area contributed by atoms with Crippen LogP contribution in [0.2, 0.25) is 0 Å². The molecule has 1 N–H and O–H groups in total. The summed E-state index contributed by atoms with van der Waals surface area (Å²) in [5.74, 6) is 0.627. The highest BCUT2D eigenvalue weighted by Gasteiger charge is 2.14. The quantitative estimate of drug-likeness (QED) is 0.687. The van der Waals surface area contributed by atoms with Gasteiger partial charge >= 0.3 is 5.69 Å². The molecule has 3 heterocycles. The molecule has 8 nitrogen and oxygen atoms in total. The normalized spacial score (nSPS) is 11.3. The van der Waals surface area contributed by atoms with Gasteiger partial charge in [-0.05, 0) is 6.92 Å². The van der Waals surface area contributed by atoms with Crippen LogP contribution in [0.5, 0.6) is 0 Å². The summed E-state index contributed by atoms with van der Waals surface area (Å²) >= 11 is 0. The van der Waals surface area contributed by atoms with Crippen molar-refractivity contribution in [1.29, 1.82) is 0 Å². The molecule has 3 rings (SSSR count). The Bertz CT molecular complexity index is 866. The zero-order valence-corrected chi connectivity index (χ0v) is 10.4. The lowest BCUT2D eigenvalue weighted by atomic mass is 10.3. The van der Waals surface area contributed by atoms with Gasteiger partial charge in [-0.25, -0.2) is 9.78 Å². The molecular weight excluding hydrogens is 250 g/mol. The van der Waals surface area contributed by atoms with E-state index in [1.54, 1.807) is 20.0 Å². The van der Waals surface area contributed by atoms with Crippen LogP contribution in [-0.2, 0) is 13.6 Å². The van der Waals surface area contributed by atoms with Gasteiger partial charge in [-0.2, -0.15) is 0 Å². The Morgan fingerprint density at radius 2 is 2.21 bits per heavy atom. The van der Waals surface area contributed by atoms with Gasteiger partial charge < -0.3 is 9.51 Å². The van der Waals surface area contributed by atoms with E-state index in [0.29, 0.717) is 22.6 Å². The molecular formula is C11H11N5O3. The summed E-state index contributed by atoms with van der Waals surface area (Å²) in [5, 5.41) is 3.78. The van der Waals surface area contributed by atoms with E-state index >= 15 is 0 Å². The summed E-state index contributed by atoms with van der Waals surface area (Å²) in [5.41, 5.74) is 0.293. The summed E-state index contributed by atoms with van der Waals surface area (Å²) in [6, 6.07) is 1.68. The number of rotatable bonds is 2. The van der Waals surface area contributed by atoms with Crippen molar-refractivity contribution in [2.75, 3.05) is 0 Å². The second-order valence-electron chi connectivity index (χ2n) is 4.26.